The zero-order chi connectivity index (χ0) is 15.0. The minimum Gasteiger partial charge on any atom is -0.396 e. The molecule has 4 fully saturated rings. The van der Waals surface area contributed by atoms with Gasteiger partial charge >= 0.3 is 6.03 Å². The Hall–Kier alpha value is -0.770. The van der Waals surface area contributed by atoms with E-state index in [-0.39, 0.29) is 24.2 Å². The van der Waals surface area contributed by atoms with Crippen LogP contribution in [0.4, 0.5) is 4.79 Å². The lowest BCUT2D eigenvalue weighted by molar-refractivity contribution is -0.0162. The molecule has 4 nitrogen and oxygen atoms in total. The number of carbonyl (C=O) groups is 1. The second-order valence-corrected chi connectivity index (χ2v) is 7.99. The summed E-state index contributed by atoms with van der Waals surface area (Å²) in [5, 5.41) is 12.4. The van der Waals surface area contributed by atoms with E-state index in [0.717, 1.165) is 17.8 Å². The number of aliphatic hydroxyl groups is 1. The molecule has 4 rings (SSSR count). The first-order chi connectivity index (χ1) is 10.0. The fraction of sp³-hybridized carbons (Fsp3) is 0.941. The predicted octanol–water partition coefficient (Wildman–Crippen LogP) is 2.76. The van der Waals surface area contributed by atoms with E-state index >= 15 is 0 Å². The van der Waals surface area contributed by atoms with Crippen molar-refractivity contribution in [1.29, 1.82) is 0 Å². The van der Waals surface area contributed by atoms with Gasteiger partial charge in [0.15, 0.2) is 0 Å². The molecule has 4 saturated carbocycles. The summed E-state index contributed by atoms with van der Waals surface area (Å²) in [6.45, 7) is 4.90. The lowest BCUT2D eigenvalue weighted by Crippen LogP contribution is -2.62. The third kappa shape index (κ3) is 3.05. The van der Waals surface area contributed by atoms with Gasteiger partial charge in [0.25, 0.3) is 0 Å². The van der Waals surface area contributed by atoms with Gasteiger partial charge in [-0.05, 0) is 76.5 Å². The van der Waals surface area contributed by atoms with Gasteiger partial charge in [-0.3, -0.25) is 0 Å². The summed E-state index contributed by atoms with van der Waals surface area (Å²) in [5.41, 5.74) is 0.0815. The monoisotopic (exact) mass is 294 g/mol. The SMILES string of the molecule is CC(C)N(CCCO)C(=O)NC12CC3CC(CC(C3)C1)C2. The minimum atomic E-state index is 0.0815. The number of aliphatic hydroxyl groups excluding tert-OH is 1. The van der Waals surface area contributed by atoms with E-state index in [2.05, 4.69) is 19.2 Å². The molecule has 0 aromatic heterocycles. The highest BCUT2D eigenvalue weighted by molar-refractivity contribution is 5.75. The van der Waals surface area contributed by atoms with Crippen LogP contribution in [0.15, 0.2) is 0 Å². The molecule has 120 valence electrons. The molecule has 2 amide bonds. The number of hydrogen-bond donors (Lipinski definition) is 2. The molecule has 0 spiro atoms. The van der Waals surface area contributed by atoms with Crippen LogP contribution in [0.1, 0.15) is 58.8 Å². The Bertz CT molecular complexity index is 359. The summed E-state index contributed by atoms with van der Waals surface area (Å²) in [6, 6.07) is 0.269. The van der Waals surface area contributed by atoms with Crippen molar-refractivity contribution in [1.82, 2.24) is 10.2 Å². The zero-order valence-electron chi connectivity index (χ0n) is 13.5. The van der Waals surface area contributed by atoms with Gasteiger partial charge < -0.3 is 15.3 Å². The van der Waals surface area contributed by atoms with Gasteiger partial charge in [0, 0.05) is 24.7 Å². The standard InChI is InChI=1S/C17H30N2O2/c1-12(2)19(4-3-5-20)16(21)18-17-9-13-6-14(10-17)8-15(7-13)11-17/h12-15,20H,3-11H2,1-2H3,(H,18,21). The molecule has 0 unspecified atom stereocenters. The average Bonchev–Trinajstić information content (AvgIpc) is 2.36. The lowest BCUT2D eigenvalue weighted by Gasteiger charge is -2.57. The van der Waals surface area contributed by atoms with Crippen molar-refractivity contribution in [2.45, 2.75) is 70.4 Å². The average molecular weight is 294 g/mol. The fourth-order valence-electron chi connectivity index (χ4n) is 5.40. The smallest absolute Gasteiger partial charge is 0.318 e. The molecule has 0 saturated heterocycles. The first kappa shape index (κ1) is 15.1. The normalized spacial score (nSPS) is 37.0. The Morgan fingerprint density at radius 1 is 1.19 bits per heavy atom. The molecule has 21 heavy (non-hydrogen) atoms. The number of hydrogen-bond acceptors (Lipinski definition) is 2. The van der Waals surface area contributed by atoms with Crippen LogP contribution in [-0.4, -0.2) is 40.8 Å². The molecule has 0 heterocycles. The maximum Gasteiger partial charge on any atom is 0.318 e. The zero-order valence-corrected chi connectivity index (χ0v) is 13.5. The number of rotatable bonds is 5. The molecule has 0 radical (unpaired) electrons. The molecule has 2 N–H and O–H groups in total. The van der Waals surface area contributed by atoms with Crippen molar-refractivity contribution in [3.8, 4) is 0 Å². The van der Waals surface area contributed by atoms with E-state index in [1.54, 1.807) is 0 Å². The summed E-state index contributed by atoms with van der Waals surface area (Å²) in [6.07, 6.45) is 8.42. The highest BCUT2D eigenvalue weighted by atomic mass is 16.3. The maximum absolute atomic E-state index is 12.7. The Kier molecular flexibility index (Phi) is 4.17. The van der Waals surface area contributed by atoms with Gasteiger partial charge in [-0.15, -0.1) is 0 Å². The van der Waals surface area contributed by atoms with Gasteiger partial charge in [-0.2, -0.15) is 0 Å². The summed E-state index contributed by atoms with van der Waals surface area (Å²) in [5.74, 6) is 2.55. The fourth-order valence-corrected chi connectivity index (χ4v) is 5.40. The Morgan fingerprint density at radius 3 is 2.14 bits per heavy atom. The molecule has 0 aliphatic heterocycles. The summed E-state index contributed by atoms with van der Waals surface area (Å²) >= 11 is 0. The van der Waals surface area contributed by atoms with Crippen LogP contribution in [0, 0.1) is 17.8 Å². The van der Waals surface area contributed by atoms with Gasteiger partial charge in [0.05, 0.1) is 0 Å². The van der Waals surface area contributed by atoms with Crippen LogP contribution in [0.5, 0.6) is 0 Å². The van der Waals surface area contributed by atoms with Crippen molar-refractivity contribution in [3.05, 3.63) is 0 Å². The third-order valence-corrected chi connectivity index (χ3v) is 5.85. The lowest BCUT2D eigenvalue weighted by atomic mass is 9.53. The van der Waals surface area contributed by atoms with E-state index in [1.807, 2.05) is 4.90 Å². The number of urea groups is 1. The number of carbonyl (C=O) groups excluding carboxylic acids is 1. The highest BCUT2D eigenvalue weighted by Gasteiger charge is 2.51. The first-order valence-electron chi connectivity index (χ1n) is 8.71. The quantitative estimate of drug-likeness (QED) is 0.819. The van der Waals surface area contributed by atoms with Crippen molar-refractivity contribution in [3.63, 3.8) is 0 Å². The van der Waals surface area contributed by atoms with E-state index in [1.165, 1.54) is 38.5 Å². The van der Waals surface area contributed by atoms with E-state index in [4.69, 9.17) is 5.11 Å². The molecule has 4 heteroatoms. The molecule has 0 atom stereocenters. The largest absolute Gasteiger partial charge is 0.396 e. The van der Waals surface area contributed by atoms with Gasteiger partial charge in [0.1, 0.15) is 0 Å². The van der Waals surface area contributed by atoms with Gasteiger partial charge in [-0.25, -0.2) is 4.79 Å². The summed E-state index contributed by atoms with van der Waals surface area (Å²) in [4.78, 5) is 14.6. The topological polar surface area (TPSA) is 52.6 Å². The Balaban J connectivity index is 1.66. The number of nitrogens with one attached hydrogen (secondary N) is 1. The van der Waals surface area contributed by atoms with E-state index in [9.17, 15) is 4.79 Å². The summed E-state index contributed by atoms with van der Waals surface area (Å²) in [7, 11) is 0. The second-order valence-electron chi connectivity index (χ2n) is 7.99. The van der Waals surface area contributed by atoms with Crippen molar-refractivity contribution >= 4 is 6.03 Å². The van der Waals surface area contributed by atoms with Crippen LogP contribution in [0.2, 0.25) is 0 Å². The van der Waals surface area contributed by atoms with Crippen LogP contribution in [0.3, 0.4) is 0 Å². The summed E-state index contributed by atoms with van der Waals surface area (Å²) < 4.78 is 0. The maximum atomic E-state index is 12.7. The van der Waals surface area contributed by atoms with Gasteiger partial charge in [-0.1, -0.05) is 0 Å². The van der Waals surface area contributed by atoms with E-state index < -0.39 is 0 Å². The molecule has 0 aromatic carbocycles. The predicted molar refractivity (Wildman–Crippen MR) is 83.0 cm³/mol. The van der Waals surface area contributed by atoms with Crippen molar-refractivity contribution in [2.24, 2.45) is 17.8 Å². The first-order valence-corrected chi connectivity index (χ1v) is 8.71. The molecule has 4 aliphatic rings. The minimum absolute atomic E-state index is 0.0815. The molecular weight excluding hydrogens is 264 g/mol. The highest BCUT2D eigenvalue weighted by Crippen LogP contribution is 2.55. The molecule has 0 aromatic rings. The molecule has 4 bridgehead atoms. The van der Waals surface area contributed by atoms with Crippen LogP contribution in [-0.2, 0) is 0 Å². The van der Waals surface area contributed by atoms with Gasteiger partial charge in [0.2, 0.25) is 0 Å². The second kappa shape index (κ2) is 5.79. The molecular formula is C17H30N2O2. The van der Waals surface area contributed by atoms with E-state index in [0.29, 0.717) is 13.0 Å². The third-order valence-electron chi connectivity index (χ3n) is 5.85. The van der Waals surface area contributed by atoms with Crippen molar-refractivity contribution < 1.29 is 9.90 Å². The van der Waals surface area contributed by atoms with Crippen molar-refractivity contribution in [2.75, 3.05) is 13.2 Å². The number of nitrogens with zero attached hydrogens (tertiary/aromatic N) is 1. The Morgan fingerprint density at radius 2 is 1.71 bits per heavy atom. The van der Waals surface area contributed by atoms with Crippen LogP contribution in [0.25, 0.3) is 0 Å². The van der Waals surface area contributed by atoms with Crippen LogP contribution < -0.4 is 5.32 Å². The molecule has 4 aliphatic carbocycles. The van der Waals surface area contributed by atoms with Crippen LogP contribution >= 0.6 is 0 Å². The number of amides is 2. The Labute approximate surface area is 128 Å².